The van der Waals surface area contributed by atoms with Gasteiger partial charge in [0.15, 0.2) is 0 Å². The van der Waals surface area contributed by atoms with Crippen LogP contribution in [0.2, 0.25) is 0 Å². The smallest absolute Gasteiger partial charge is 0.240 e. The van der Waals surface area contributed by atoms with E-state index in [9.17, 15) is 12.8 Å². The van der Waals surface area contributed by atoms with Crippen LogP contribution in [0.25, 0.3) is 0 Å². The van der Waals surface area contributed by atoms with E-state index in [0.717, 1.165) is 11.8 Å². The number of nitrogens with zero attached hydrogens (tertiary/aromatic N) is 1. The molecule has 114 valence electrons. The second-order valence-electron chi connectivity index (χ2n) is 4.51. The molecule has 1 aromatic heterocycles. The maximum Gasteiger partial charge on any atom is 0.240 e. The molecular weight excluding hydrogens is 295 g/mol. The molecule has 1 aromatic carbocycles. The van der Waals surface area contributed by atoms with E-state index in [-0.39, 0.29) is 18.0 Å². The third-order valence-corrected chi connectivity index (χ3v) is 4.39. The van der Waals surface area contributed by atoms with E-state index in [0.29, 0.717) is 12.0 Å². The number of halogens is 1. The lowest BCUT2D eigenvalue weighted by Crippen LogP contribution is -2.26. The van der Waals surface area contributed by atoms with Crippen molar-refractivity contribution in [2.75, 3.05) is 13.6 Å². The monoisotopic (exact) mass is 312 g/mol. The molecule has 21 heavy (non-hydrogen) atoms. The van der Waals surface area contributed by atoms with E-state index in [1.165, 1.54) is 18.5 Å². The molecule has 3 N–H and O–H groups in total. The van der Waals surface area contributed by atoms with Gasteiger partial charge in [0.1, 0.15) is 5.82 Å². The Morgan fingerprint density at radius 2 is 2.19 bits per heavy atom. The largest absolute Gasteiger partial charge is 0.348 e. The van der Waals surface area contributed by atoms with Gasteiger partial charge in [-0.25, -0.2) is 22.5 Å². The summed E-state index contributed by atoms with van der Waals surface area (Å²) in [6.07, 6.45) is 3.68. The molecule has 0 unspecified atom stereocenters. The molecule has 0 aliphatic carbocycles. The normalized spacial score (nSPS) is 11.7. The third kappa shape index (κ3) is 4.10. The van der Waals surface area contributed by atoms with E-state index >= 15 is 0 Å². The summed E-state index contributed by atoms with van der Waals surface area (Å²) in [6.45, 7) is 0.507. The van der Waals surface area contributed by atoms with Gasteiger partial charge in [-0.05, 0) is 25.2 Å². The zero-order valence-corrected chi connectivity index (χ0v) is 12.4. The Kier molecular flexibility index (Phi) is 5.05. The fourth-order valence-corrected chi connectivity index (χ4v) is 2.95. The Labute approximate surface area is 122 Å². The highest BCUT2D eigenvalue weighted by Crippen LogP contribution is 2.15. The number of imidazole rings is 1. The Balaban J connectivity index is 2.06. The van der Waals surface area contributed by atoms with Crippen LogP contribution >= 0.6 is 0 Å². The molecule has 0 spiro atoms. The molecule has 6 nitrogen and oxygen atoms in total. The van der Waals surface area contributed by atoms with Crippen molar-refractivity contribution in [3.63, 3.8) is 0 Å². The van der Waals surface area contributed by atoms with Gasteiger partial charge in [-0.2, -0.15) is 0 Å². The minimum absolute atomic E-state index is 0.0544. The molecule has 0 aliphatic heterocycles. The number of aromatic nitrogens is 2. The highest BCUT2D eigenvalue weighted by Gasteiger charge is 2.15. The molecule has 8 heteroatoms. The minimum atomic E-state index is -3.65. The van der Waals surface area contributed by atoms with Crippen molar-refractivity contribution in [2.45, 2.75) is 17.9 Å². The zero-order valence-electron chi connectivity index (χ0n) is 11.6. The molecule has 0 saturated heterocycles. The summed E-state index contributed by atoms with van der Waals surface area (Å²) in [7, 11) is -1.98. The lowest BCUT2D eigenvalue weighted by atomic mass is 10.2. The lowest BCUT2D eigenvalue weighted by molar-refractivity contribution is 0.577. The van der Waals surface area contributed by atoms with E-state index in [1.807, 2.05) is 0 Å². The van der Waals surface area contributed by atoms with Gasteiger partial charge >= 0.3 is 0 Å². The van der Waals surface area contributed by atoms with E-state index in [2.05, 4.69) is 20.0 Å². The van der Waals surface area contributed by atoms with Gasteiger partial charge in [0.25, 0.3) is 0 Å². The average molecular weight is 312 g/mol. The number of nitrogens with one attached hydrogen (secondary N) is 3. The molecule has 2 rings (SSSR count). The third-order valence-electron chi connectivity index (χ3n) is 2.94. The van der Waals surface area contributed by atoms with Gasteiger partial charge in [0.2, 0.25) is 10.0 Å². The van der Waals surface area contributed by atoms with Gasteiger partial charge in [0.05, 0.1) is 11.2 Å². The molecule has 0 fully saturated rings. The van der Waals surface area contributed by atoms with E-state index in [4.69, 9.17) is 0 Å². The molecule has 2 aromatic rings. The van der Waals surface area contributed by atoms with Crippen molar-refractivity contribution >= 4 is 10.0 Å². The quantitative estimate of drug-likeness (QED) is 0.705. The summed E-state index contributed by atoms with van der Waals surface area (Å²) in [4.78, 5) is 6.80. The molecule has 0 bridgehead atoms. The SMILES string of the molecule is CNCc1cc(S(=O)(=O)NCCc2cnc[nH]2)ccc1F. The van der Waals surface area contributed by atoms with Crippen LogP contribution in [-0.2, 0) is 23.0 Å². The lowest BCUT2D eigenvalue weighted by Gasteiger charge is -2.09. The van der Waals surface area contributed by atoms with Crippen LogP contribution in [0.15, 0.2) is 35.6 Å². The Hall–Kier alpha value is -1.77. The van der Waals surface area contributed by atoms with Crippen molar-refractivity contribution in [2.24, 2.45) is 0 Å². The van der Waals surface area contributed by atoms with Crippen molar-refractivity contribution in [1.29, 1.82) is 0 Å². The van der Waals surface area contributed by atoms with Crippen LogP contribution in [0.1, 0.15) is 11.3 Å². The summed E-state index contributed by atoms with van der Waals surface area (Å²) in [6, 6.07) is 3.76. The van der Waals surface area contributed by atoms with Gasteiger partial charge < -0.3 is 10.3 Å². The van der Waals surface area contributed by atoms with Crippen LogP contribution in [0.5, 0.6) is 0 Å². The molecule has 0 atom stereocenters. The fraction of sp³-hybridized carbons (Fsp3) is 0.308. The number of sulfonamides is 1. The Bertz CT molecular complexity index is 686. The molecule has 0 aliphatic rings. The summed E-state index contributed by atoms with van der Waals surface area (Å²) in [5, 5.41) is 2.80. The topological polar surface area (TPSA) is 86.9 Å². The first-order chi connectivity index (χ1) is 10.0. The van der Waals surface area contributed by atoms with E-state index < -0.39 is 15.8 Å². The molecule has 0 radical (unpaired) electrons. The van der Waals surface area contributed by atoms with E-state index in [1.54, 1.807) is 13.2 Å². The second-order valence-corrected chi connectivity index (χ2v) is 6.28. The number of benzene rings is 1. The first-order valence-corrected chi connectivity index (χ1v) is 7.91. The highest BCUT2D eigenvalue weighted by molar-refractivity contribution is 7.89. The summed E-state index contributed by atoms with van der Waals surface area (Å²) < 4.78 is 40.3. The fourth-order valence-electron chi connectivity index (χ4n) is 1.87. The number of rotatable bonds is 7. The van der Waals surface area contributed by atoms with Gasteiger partial charge in [0, 0.05) is 37.0 Å². The van der Waals surface area contributed by atoms with Crippen molar-refractivity contribution in [1.82, 2.24) is 20.0 Å². The zero-order chi connectivity index (χ0) is 15.3. The molecular formula is C13H17FN4O2S. The molecule has 0 saturated carbocycles. The van der Waals surface area contributed by atoms with Crippen molar-refractivity contribution in [3.8, 4) is 0 Å². The number of hydrogen-bond donors (Lipinski definition) is 3. The van der Waals surface area contributed by atoms with Crippen LogP contribution < -0.4 is 10.0 Å². The number of H-pyrrole nitrogens is 1. The van der Waals surface area contributed by atoms with Crippen LogP contribution in [0, 0.1) is 5.82 Å². The van der Waals surface area contributed by atoms with Gasteiger partial charge in [-0.3, -0.25) is 0 Å². The van der Waals surface area contributed by atoms with Crippen LogP contribution in [-0.4, -0.2) is 32.0 Å². The summed E-state index contributed by atoms with van der Waals surface area (Å²) >= 11 is 0. The van der Waals surface area contributed by atoms with Gasteiger partial charge in [-0.15, -0.1) is 0 Å². The first kappa shape index (κ1) is 15.6. The molecule has 1 heterocycles. The molecule has 0 amide bonds. The number of aromatic amines is 1. The average Bonchev–Trinajstić information content (AvgIpc) is 2.94. The van der Waals surface area contributed by atoms with Gasteiger partial charge in [-0.1, -0.05) is 0 Å². The number of hydrogen-bond acceptors (Lipinski definition) is 4. The van der Waals surface area contributed by atoms with Crippen LogP contribution in [0.4, 0.5) is 4.39 Å². The second kappa shape index (κ2) is 6.79. The predicted molar refractivity (Wildman–Crippen MR) is 76.6 cm³/mol. The first-order valence-electron chi connectivity index (χ1n) is 6.43. The Morgan fingerprint density at radius 1 is 1.38 bits per heavy atom. The predicted octanol–water partition coefficient (Wildman–Crippen LogP) is 0.789. The highest BCUT2D eigenvalue weighted by atomic mass is 32.2. The van der Waals surface area contributed by atoms with Crippen molar-refractivity contribution in [3.05, 3.63) is 47.8 Å². The maximum absolute atomic E-state index is 13.5. The van der Waals surface area contributed by atoms with Crippen molar-refractivity contribution < 1.29 is 12.8 Å². The summed E-state index contributed by atoms with van der Waals surface area (Å²) in [5.41, 5.74) is 1.15. The van der Waals surface area contributed by atoms with Crippen LogP contribution in [0.3, 0.4) is 0 Å². The Morgan fingerprint density at radius 3 is 2.86 bits per heavy atom. The maximum atomic E-state index is 13.5. The minimum Gasteiger partial charge on any atom is -0.348 e. The standard InChI is InChI=1S/C13H17FN4O2S/c1-15-7-10-6-12(2-3-13(10)14)21(19,20)18-5-4-11-8-16-9-17-11/h2-3,6,8-9,15,18H,4-5,7H2,1H3,(H,16,17). The summed E-state index contributed by atoms with van der Waals surface area (Å²) in [5.74, 6) is -0.430.